The van der Waals surface area contributed by atoms with Crippen LogP contribution in [0.3, 0.4) is 0 Å². The monoisotopic (exact) mass is 254 g/mol. The minimum Gasteiger partial charge on any atom is -0.380 e. The Morgan fingerprint density at radius 2 is 2.17 bits per heavy atom. The Bertz CT molecular complexity index is 227. The number of likely N-dealkylation sites (tertiary alicyclic amines) is 1. The van der Waals surface area contributed by atoms with Crippen LogP contribution in [0.15, 0.2) is 0 Å². The van der Waals surface area contributed by atoms with Gasteiger partial charge in [0.1, 0.15) is 0 Å². The summed E-state index contributed by atoms with van der Waals surface area (Å²) in [5.74, 6) is 1.54. The number of piperidine rings is 1. The first-order valence-corrected chi connectivity index (χ1v) is 7.79. The van der Waals surface area contributed by atoms with Crippen LogP contribution in [0.25, 0.3) is 0 Å². The fourth-order valence-electron chi connectivity index (χ4n) is 3.25. The lowest BCUT2D eigenvalue weighted by molar-refractivity contribution is 0.0670. The molecule has 2 fully saturated rings. The third-order valence-corrected chi connectivity index (χ3v) is 4.21. The van der Waals surface area contributed by atoms with Crippen LogP contribution in [-0.2, 0) is 4.74 Å². The van der Waals surface area contributed by atoms with Crippen LogP contribution in [-0.4, -0.2) is 50.3 Å². The maximum absolute atomic E-state index is 5.70. The summed E-state index contributed by atoms with van der Waals surface area (Å²) in [6.45, 7) is 11.1. The largest absolute Gasteiger partial charge is 0.380 e. The Balaban J connectivity index is 1.63. The summed E-state index contributed by atoms with van der Waals surface area (Å²) in [4.78, 5) is 2.61. The normalized spacial score (nSPS) is 30.2. The first-order valence-electron chi connectivity index (χ1n) is 7.79. The molecule has 18 heavy (non-hydrogen) atoms. The molecule has 0 amide bonds. The SMILES string of the molecule is CC(C)COCCN1CCCC(C2CCCN2)C1. The lowest BCUT2D eigenvalue weighted by atomic mass is 9.90. The smallest absolute Gasteiger partial charge is 0.0593 e. The van der Waals surface area contributed by atoms with Crippen molar-refractivity contribution in [2.75, 3.05) is 39.4 Å². The molecular formula is C15H30N2O. The molecule has 2 saturated heterocycles. The van der Waals surface area contributed by atoms with Gasteiger partial charge in [-0.2, -0.15) is 0 Å². The molecule has 0 aromatic heterocycles. The lowest BCUT2D eigenvalue weighted by Gasteiger charge is -2.35. The van der Waals surface area contributed by atoms with Crippen LogP contribution >= 0.6 is 0 Å². The summed E-state index contributed by atoms with van der Waals surface area (Å²) < 4.78 is 5.70. The van der Waals surface area contributed by atoms with Crippen LogP contribution in [0, 0.1) is 11.8 Å². The molecule has 0 aromatic carbocycles. The van der Waals surface area contributed by atoms with Crippen LogP contribution < -0.4 is 5.32 Å². The van der Waals surface area contributed by atoms with E-state index in [1.54, 1.807) is 0 Å². The van der Waals surface area contributed by atoms with Crippen molar-refractivity contribution in [1.29, 1.82) is 0 Å². The van der Waals surface area contributed by atoms with E-state index in [2.05, 4.69) is 24.1 Å². The van der Waals surface area contributed by atoms with Crippen molar-refractivity contribution >= 4 is 0 Å². The van der Waals surface area contributed by atoms with Gasteiger partial charge in [-0.15, -0.1) is 0 Å². The predicted octanol–water partition coefficient (Wildman–Crippen LogP) is 2.12. The van der Waals surface area contributed by atoms with E-state index in [1.807, 2.05) is 0 Å². The molecule has 1 N–H and O–H groups in total. The molecule has 0 aromatic rings. The van der Waals surface area contributed by atoms with Crippen LogP contribution in [0.5, 0.6) is 0 Å². The van der Waals surface area contributed by atoms with Crippen LogP contribution in [0.2, 0.25) is 0 Å². The molecule has 2 aliphatic rings. The Kier molecular flexibility index (Phi) is 5.93. The fraction of sp³-hybridized carbons (Fsp3) is 1.00. The summed E-state index contributed by atoms with van der Waals surface area (Å²) in [6.07, 6.45) is 5.55. The average Bonchev–Trinajstić information content (AvgIpc) is 2.89. The summed E-state index contributed by atoms with van der Waals surface area (Å²) in [5.41, 5.74) is 0. The van der Waals surface area contributed by atoms with Crippen molar-refractivity contribution in [3.63, 3.8) is 0 Å². The fourth-order valence-corrected chi connectivity index (χ4v) is 3.25. The molecule has 106 valence electrons. The standard InChI is InChI=1S/C15H30N2O/c1-13(2)12-18-10-9-17-8-4-5-14(11-17)15-6-3-7-16-15/h13-16H,3-12H2,1-2H3. The molecule has 0 saturated carbocycles. The third-order valence-electron chi connectivity index (χ3n) is 4.21. The van der Waals surface area contributed by atoms with E-state index in [4.69, 9.17) is 4.74 Å². The van der Waals surface area contributed by atoms with Crippen molar-refractivity contribution in [3.8, 4) is 0 Å². The van der Waals surface area contributed by atoms with Gasteiger partial charge in [0.15, 0.2) is 0 Å². The molecule has 0 aliphatic carbocycles. The zero-order valence-corrected chi connectivity index (χ0v) is 12.2. The van der Waals surface area contributed by atoms with Crippen molar-refractivity contribution in [3.05, 3.63) is 0 Å². The van der Waals surface area contributed by atoms with Gasteiger partial charge in [-0.3, -0.25) is 0 Å². The van der Waals surface area contributed by atoms with Crippen molar-refractivity contribution in [2.45, 2.75) is 45.6 Å². The van der Waals surface area contributed by atoms with E-state index in [-0.39, 0.29) is 0 Å². The average molecular weight is 254 g/mol. The highest BCUT2D eigenvalue weighted by Crippen LogP contribution is 2.24. The molecule has 2 unspecified atom stereocenters. The maximum Gasteiger partial charge on any atom is 0.0593 e. The lowest BCUT2D eigenvalue weighted by Crippen LogP contribution is -2.44. The number of hydrogen-bond donors (Lipinski definition) is 1. The topological polar surface area (TPSA) is 24.5 Å². The van der Waals surface area contributed by atoms with Gasteiger partial charge in [0.2, 0.25) is 0 Å². The predicted molar refractivity (Wildman–Crippen MR) is 75.8 cm³/mol. The molecular weight excluding hydrogens is 224 g/mol. The zero-order valence-electron chi connectivity index (χ0n) is 12.2. The van der Waals surface area contributed by atoms with E-state index in [1.165, 1.54) is 45.3 Å². The minimum absolute atomic E-state index is 0.654. The Hall–Kier alpha value is -0.120. The molecule has 0 spiro atoms. The highest BCUT2D eigenvalue weighted by Gasteiger charge is 2.28. The first-order chi connectivity index (χ1) is 8.75. The van der Waals surface area contributed by atoms with E-state index >= 15 is 0 Å². The Labute approximate surface area is 112 Å². The highest BCUT2D eigenvalue weighted by molar-refractivity contribution is 4.86. The zero-order chi connectivity index (χ0) is 12.8. The van der Waals surface area contributed by atoms with E-state index in [0.29, 0.717) is 5.92 Å². The van der Waals surface area contributed by atoms with Gasteiger partial charge in [-0.25, -0.2) is 0 Å². The van der Waals surface area contributed by atoms with E-state index in [9.17, 15) is 0 Å². The second-order valence-electron chi connectivity index (χ2n) is 6.37. The quantitative estimate of drug-likeness (QED) is 0.735. The van der Waals surface area contributed by atoms with Crippen molar-refractivity contribution < 1.29 is 4.74 Å². The van der Waals surface area contributed by atoms with E-state index < -0.39 is 0 Å². The van der Waals surface area contributed by atoms with E-state index in [0.717, 1.165) is 31.7 Å². The second-order valence-corrected chi connectivity index (χ2v) is 6.37. The Morgan fingerprint density at radius 3 is 2.89 bits per heavy atom. The summed E-state index contributed by atoms with van der Waals surface area (Å²) >= 11 is 0. The third kappa shape index (κ3) is 4.52. The molecule has 2 atom stereocenters. The van der Waals surface area contributed by atoms with Gasteiger partial charge >= 0.3 is 0 Å². The van der Waals surface area contributed by atoms with Gasteiger partial charge in [0, 0.05) is 25.7 Å². The Morgan fingerprint density at radius 1 is 1.28 bits per heavy atom. The van der Waals surface area contributed by atoms with Gasteiger partial charge in [0.25, 0.3) is 0 Å². The molecule has 0 radical (unpaired) electrons. The van der Waals surface area contributed by atoms with Gasteiger partial charge in [-0.05, 0) is 50.6 Å². The number of nitrogens with one attached hydrogen (secondary N) is 1. The molecule has 2 aliphatic heterocycles. The van der Waals surface area contributed by atoms with Gasteiger partial charge < -0.3 is 15.0 Å². The molecule has 3 nitrogen and oxygen atoms in total. The summed E-state index contributed by atoms with van der Waals surface area (Å²) in [7, 11) is 0. The van der Waals surface area contributed by atoms with Crippen LogP contribution in [0.4, 0.5) is 0 Å². The number of ether oxygens (including phenoxy) is 1. The summed E-state index contributed by atoms with van der Waals surface area (Å²) in [5, 5.41) is 3.67. The number of nitrogens with zero attached hydrogens (tertiary/aromatic N) is 1. The van der Waals surface area contributed by atoms with Crippen molar-refractivity contribution in [2.24, 2.45) is 11.8 Å². The molecule has 0 bridgehead atoms. The van der Waals surface area contributed by atoms with Gasteiger partial charge in [0.05, 0.1) is 6.61 Å². The summed E-state index contributed by atoms with van der Waals surface area (Å²) in [6, 6.07) is 0.796. The highest BCUT2D eigenvalue weighted by atomic mass is 16.5. The number of hydrogen-bond acceptors (Lipinski definition) is 3. The second kappa shape index (κ2) is 7.46. The molecule has 2 heterocycles. The van der Waals surface area contributed by atoms with Gasteiger partial charge in [-0.1, -0.05) is 13.8 Å². The van der Waals surface area contributed by atoms with Crippen molar-refractivity contribution in [1.82, 2.24) is 10.2 Å². The maximum atomic E-state index is 5.70. The molecule has 2 rings (SSSR count). The minimum atomic E-state index is 0.654. The first kappa shape index (κ1) is 14.3. The molecule has 3 heteroatoms. The number of rotatable bonds is 6. The van der Waals surface area contributed by atoms with Crippen LogP contribution in [0.1, 0.15) is 39.5 Å².